The van der Waals surface area contributed by atoms with E-state index in [1.807, 2.05) is 42.0 Å². The van der Waals surface area contributed by atoms with Crippen molar-refractivity contribution in [1.82, 2.24) is 19.9 Å². The van der Waals surface area contributed by atoms with E-state index in [1.165, 1.54) is 18.4 Å². The number of nitrogens with one attached hydrogen (secondary N) is 2. The fraction of sp³-hybridized carbons (Fsp3) is 0.379. The predicted octanol–water partition coefficient (Wildman–Crippen LogP) is 5.12. The van der Waals surface area contributed by atoms with Gasteiger partial charge in [-0.3, -0.25) is 9.78 Å². The summed E-state index contributed by atoms with van der Waals surface area (Å²) in [6.07, 6.45) is 11.7. The maximum atomic E-state index is 12.4. The summed E-state index contributed by atoms with van der Waals surface area (Å²) >= 11 is 0. The number of hydrogen-bond acceptors (Lipinski definition) is 5. The summed E-state index contributed by atoms with van der Waals surface area (Å²) in [5.41, 5.74) is 5.69. The fourth-order valence-electron chi connectivity index (χ4n) is 4.31. The normalized spacial score (nSPS) is 14.2. The van der Waals surface area contributed by atoms with Crippen molar-refractivity contribution >= 4 is 11.8 Å². The Balaban J connectivity index is 0.00000241. The first kappa shape index (κ1) is 27.2. The number of nitrogens with zero attached hydrogens (tertiary/aromatic N) is 3. The van der Waals surface area contributed by atoms with E-state index >= 15 is 0 Å². The summed E-state index contributed by atoms with van der Waals surface area (Å²) in [6, 6.07) is 11.8. The smallest absolute Gasteiger partial charge is 0.250 e. The molecule has 192 valence electrons. The van der Waals surface area contributed by atoms with Crippen LogP contribution in [-0.4, -0.2) is 31.3 Å². The molecule has 0 radical (unpaired) electrons. The van der Waals surface area contributed by atoms with Gasteiger partial charge in [-0.15, -0.1) is 0 Å². The van der Waals surface area contributed by atoms with Gasteiger partial charge >= 0.3 is 0 Å². The second-order valence-electron chi connectivity index (χ2n) is 10.4. The molecule has 1 saturated carbocycles. The Morgan fingerprint density at radius 1 is 1.17 bits per heavy atom. The molecule has 1 aliphatic carbocycles. The standard InChI is InChI=1S/C29H35N5O.H2O.H2/c1-20-26(15-14-25(30)22-11-9-21(10-12-22)17-32-29(2,3)4)33-27(18-31-20)23-13-16-28(35)34(19-23)24-7-5-6-8-24;;/h9-16,18-19,24,30,32H,5-8,17H2,1-4H3;1H2;1H/b15-14+,30-25?;;. The van der Waals surface area contributed by atoms with Crippen LogP contribution in [0.15, 0.2) is 59.7 Å². The number of hydrogen-bond donors (Lipinski definition) is 2. The number of aryl methyl sites for hydroxylation is 1. The number of benzene rings is 1. The molecule has 1 aromatic carbocycles. The quantitative estimate of drug-likeness (QED) is 0.448. The van der Waals surface area contributed by atoms with Crippen LogP contribution in [0.3, 0.4) is 0 Å². The molecule has 2 heterocycles. The molecule has 0 aliphatic heterocycles. The van der Waals surface area contributed by atoms with Gasteiger partial charge in [-0.2, -0.15) is 0 Å². The Morgan fingerprint density at radius 3 is 2.53 bits per heavy atom. The summed E-state index contributed by atoms with van der Waals surface area (Å²) in [7, 11) is 0. The molecule has 4 N–H and O–H groups in total. The molecule has 0 bridgehead atoms. The van der Waals surface area contributed by atoms with Crippen LogP contribution in [0.25, 0.3) is 17.3 Å². The van der Waals surface area contributed by atoms with Crippen molar-refractivity contribution in [1.29, 1.82) is 5.41 Å². The molecule has 0 atom stereocenters. The van der Waals surface area contributed by atoms with Gasteiger partial charge < -0.3 is 20.8 Å². The molecular weight excluding hydrogens is 450 g/mol. The van der Waals surface area contributed by atoms with Gasteiger partial charge in [-0.1, -0.05) is 37.1 Å². The first-order chi connectivity index (χ1) is 16.7. The molecule has 4 rings (SSSR count). The van der Waals surface area contributed by atoms with E-state index in [4.69, 9.17) is 10.4 Å². The number of pyridine rings is 1. The van der Waals surface area contributed by atoms with Crippen molar-refractivity contribution in [2.24, 2.45) is 0 Å². The van der Waals surface area contributed by atoms with E-state index in [9.17, 15) is 4.79 Å². The minimum absolute atomic E-state index is 0. The lowest BCUT2D eigenvalue weighted by Gasteiger charge is -2.20. The molecule has 7 heteroatoms. The van der Waals surface area contributed by atoms with E-state index in [-0.39, 0.29) is 24.0 Å². The third-order valence-corrected chi connectivity index (χ3v) is 6.44. The van der Waals surface area contributed by atoms with Crippen LogP contribution in [0.4, 0.5) is 0 Å². The van der Waals surface area contributed by atoms with Crippen molar-refractivity contribution in [2.75, 3.05) is 0 Å². The molecule has 7 nitrogen and oxygen atoms in total. The van der Waals surface area contributed by atoms with Crippen molar-refractivity contribution in [3.8, 4) is 11.3 Å². The number of aromatic nitrogens is 3. The average Bonchev–Trinajstić information content (AvgIpc) is 3.37. The average molecular weight is 490 g/mol. The van der Waals surface area contributed by atoms with Gasteiger partial charge in [0.1, 0.15) is 0 Å². The highest BCUT2D eigenvalue weighted by molar-refractivity contribution is 6.08. The van der Waals surface area contributed by atoms with Crippen LogP contribution in [0.2, 0.25) is 0 Å². The Labute approximate surface area is 214 Å². The highest BCUT2D eigenvalue weighted by atomic mass is 16.1. The van der Waals surface area contributed by atoms with E-state index < -0.39 is 0 Å². The Morgan fingerprint density at radius 2 is 1.86 bits per heavy atom. The first-order valence-corrected chi connectivity index (χ1v) is 12.4. The number of rotatable bonds is 7. The van der Waals surface area contributed by atoms with Gasteiger partial charge in [0.25, 0.3) is 5.56 Å². The van der Waals surface area contributed by atoms with Gasteiger partial charge in [-0.05, 0) is 69.9 Å². The molecule has 3 aromatic rings. The minimum atomic E-state index is 0. The summed E-state index contributed by atoms with van der Waals surface area (Å²) in [5.74, 6) is 0. The summed E-state index contributed by atoms with van der Waals surface area (Å²) in [4.78, 5) is 21.7. The van der Waals surface area contributed by atoms with Crippen LogP contribution >= 0.6 is 0 Å². The van der Waals surface area contributed by atoms with E-state index in [0.717, 1.165) is 47.6 Å². The predicted molar refractivity (Wildman–Crippen MR) is 149 cm³/mol. The summed E-state index contributed by atoms with van der Waals surface area (Å²) < 4.78 is 1.86. The minimum Gasteiger partial charge on any atom is -0.412 e. The zero-order valence-electron chi connectivity index (χ0n) is 21.6. The van der Waals surface area contributed by atoms with E-state index in [1.54, 1.807) is 18.3 Å². The molecule has 0 spiro atoms. The fourth-order valence-corrected chi connectivity index (χ4v) is 4.31. The lowest BCUT2D eigenvalue weighted by molar-refractivity contribution is 0.424. The highest BCUT2D eigenvalue weighted by Crippen LogP contribution is 2.29. The molecule has 0 unspecified atom stereocenters. The molecule has 1 aliphatic rings. The van der Waals surface area contributed by atoms with Crippen molar-refractivity contribution in [3.05, 3.63) is 87.7 Å². The molecule has 36 heavy (non-hydrogen) atoms. The highest BCUT2D eigenvalue weighted by Gasteiger charge is 2.18. The molecule has 0 saturated heterocycles. The van der Waals surface area contributed by atoms with Crippen molar-refractivity contribution in [3.63, 3.8) is 0 Å². The molecule has 0 amide bonds. The monoisotopic (exact) mass is 489 g/mol. The van der Waals surface area contributed by atoms with Gasteiger partial charge in [0.15, 0.2) is 0 Å². The van der Waals surface area contributed by atoms with Crippen LogP contribution in [0, 0.1) is 12.3 Å². The summed E-state index contributed by atoms with van der Waals surface area (Å²) in [5, 5.41) is 12.0. The van der Waals surface area contributed by atoms with Crippen LogP contribution in [0.1, 0.15) is 76.4 Å². The second kappa shape index (κ2) is 11.5. The maximum absolute atomic E-state index is 12.4. The number of allylic oxidation sites excluding steroid dienone is 1. The SMILES string of the molecule is Cc1ncc(-c2ccc(=O)n(C3CCCC3)c2)nc1/C=C/C(=N)c1ccc(CNC(C)(C)C)cc1.O.[HH]. The lowest BCUT2D eigenvalue weighted by Crippen LogP contribution is -2.35. The van der Waals surface area contributed by atoms with Gasteiger partial charge in [0.05, 0.1) is 29.0 Å². The molecular formula is C29H39N5O2. The molecule has 1 fully saturated rings. The van der Waals surface area contributed by atoms with Gasteiger partial charge in [-0.25, -0.2) is 4.98 Å². The topological polar surface area (TPSA) is 115 Å². The Bertz CT molecular complexity index is 1290. The van der Waals surface area contributed by atoms with E-state index in [2.05, 4.69) is 43.2 Å². The zero-order chi connectivity index (χ0) is 25.0. The third kappa shape index (κ3) is 6.83. The first-order valence-electron chi connectivity index (χ1n) is 12.4. The van der Waals surface area contributed by atoms with Crippen LogP contribution < -0.4 is 10.9 Å². The van der Waals surface area contributed by atoms with Crippen LogP contribution in [0.5, 0.6) is 0 Å². The second-order valence-corrected chi connectivity index (χ2v) is 10.4. The van der Waals surface area contributed by atoms with Crippen LogP contribution in [-0.2, 0) is 6.54 Å². The Kier molecular flexibility index (Phi) is 8.71. The molecule has 2 aromatic heterocycles. The van der Waals surface area contributed by atoms with Crippen molar-refractivity contribution in [2.45, 2.75) is 71.5 Å². The third-order valence-electron chi connectivity index (χ3n) is 6.44. The lowest BCUT2D eigenvalue weighted by atomic mass is 10.0. The van der Waals surface area contributed by atoms with Gasteiger partial charge in [0, 0.05) is 37.4 Å². The van der Waals surface area contributed by atoms with E-state index in [0.29, 0.717) is 5.71 Å². The Hall–Kier alpha value is -3.42. The van der Waals surface area contributed by atoms with Gasteiger partial charge in [0.2, 0.25) is 0 Å². The largest absolute Gasteiger partial charge is 0.412 e. The summed E-state index contributed by atoms with van der Waals surface area (Å²) in [6.45, 7) is 9.15. The maximum Gasteiger partial charge on any atom is 0.250 e. The zero-order valence-corrected chi connectivity index (χ0v) is 21.6. The van der Waals surface area contributed by atoms with Crippen molar-refractivity contribution < 1.29 is 6.90 Å².